The average Bonchev–Trinajstić information content (AvgIpc) is 2.16. The van der Waals surface area contributed by atoms with Gasteiger partial charge in [0.1, 0.15) is 0 Å². The van der Waals surface area contributed by atoms with Crippen LogP contribution in [0.2, 0.25) is 0 Å². The van der Waals surface area contributed by atoms with E-state index >= 15 is 0 Å². The lowest BCUT2D eigenvalue weighted by Crippen LogP contribution is -2.09. The SMILES string of the molecule is COC(=O)c1ccc(C)c(C(C)=O)c1C. The maximum absolute atomic E-state index is 11.4. The Balaban J connectivity index is 3.41. The molecule has 0 amide bonds. The van der Waals surface area contributed by atoms with Crippen LogP contribution in [-0.2, 0) is 4.74 Å². The van der Waals surface area contributed by atoms with Gasteiger partial charge in [0.2, 0.25) is 0 Å². The lowest BCUT2D eigenvalue weighted by Gasteiger charge is -2.10. The van der Waals surface area contributed by atoms with Crippen molar-refractivity contribution in [2.45, 2.75) is 20.8 Å². The van der Waals surface area contributed by atoms with Crippen molar-refractivity contribution in [3.63, 3.8) is 0 Å². The van der Waals surface area contributed by atoms with Crippen LogP contribution >= 0.6 is 0 Å². The van der Waals surface area contributed by atoms with Crippen molar-refractivity contribution in [1.82, 2.24) is 0 Å². The topological polar surface area (TPSA) is 43.4 Å². The van der Waals surface area contributed by atoms with Crippen molar-refractivity contribution < 1.29 is 14.3 Å². The number of ether oxygens (including phenoxy) is 1. The van der Waals surface area contributed by atoms with E-state index in [4.69, 9.17) is 0 Å². The summed E-state index contributed by atoms with van der Waals surface area (Å²) in [4.78, 5) is 22.8. The first-order valence-corrected chi connectivity index (χ1v) is 4.68. The molecule has 1 rings (SSSR count). The van der Waals surface area contributed by atoms with Crippen LogP contribution in [0.15, 0.2) is 12.1 Å². The zero-order chi connectivity index (χ0) is 11.6. The van der Waals surface area contributed by atoms with Gasteiger partial charge in [0.05, 0.1) is 12.7 Å². The van der Waals surface area contributed by atoms with Crippen LogP contribution in [0.25, 0.3) is 0 Å². The fraction of sp³-hybridized carbons (Fsp3) is 0.333. The number of methoxy groups -OCH3 is 1. The van der Waals surface area contributed by atoms with E-state index in [1.165, 1.54) is 14.0 Å². The van der Waals surface area contributed by atoms with E-state index in [1.54, 1.807) is 19.1 Å². The van der Waals surface area contributed by atoms with Crippen LogP contribution < -0.4 is 0 Å². The molecule has 0 unspecified atom stereocenters. The first kappa shape index (κ1) is 11.4. The number of benzene rings is 1. The molecule has 0 aliphatic carbocycles. The van der Waals surface area contributed by atoms with Crippen LogP contribution in [-0.4, -0.2) is 18.9 Å². The normalized spacial score (nSPS) is 9.87. The average molecular weight is 206 g/mol. The van der Waals surface area contributed by atoms with Crippen molar-refractivity contribution >= 4 is 11.8 Å². The molecule has 1 aromatic carbocycles. The zero-order valence-corrected chi connectivity index (χ0v) is 9.38. The Hall–Kier alpha value is -1.64. The van der Waals surface area contributed by atoms with Gasteiger partial charge in [0, 0.05) is 5.56 Å². The molecule has 0 fully saturated rings. The minimum Gasteiger partial charge on any atom is -0.465 e. The van der Waals surface area contributed by atoms with E-state index in [9.17, 15) is 9.59 Å². The molecule has 0 heterocycles. The molecule has 0 aliphatic heterocycles. The molecule has 0 radical (unpaired) electrons. The van der Waals surface area contributed by atoms with E-state index in [0.717, 1.165) is 5.56 Å². The summed E-state index contributed by atoms with van der Waals surface area (Å²) in [7, 11) is 1.33. The van der Waals surface area contributed by atoms with E-state index in [-0.39, 0.29) is 5.78 Å². The summed E-state index contributed by atoms with van der Waals surface area (Å²) in [6, 6.07) is 3.44. The highest BCUT2D eigenvalue weighted by atomic mass is 16.5. The Morgan fingerprint density at radius 2 is 1.80 bits per heavy atom. The third-order valence-corrected chi connectivity index (χ3v) is 2.43. The lowest BCUT2D eigenvalue weighted by atomic mass is 9.95. The van der Waals surface area contributed by atoms with E-state index in [1.807, 2.05) is 6.92 Å². The van der Waals surface area contributed by atoms with Crippen LogP contribution in [0.3, 0.4) is 0 Å². The minimum absolute atomic E-state index is 0.0317. The van der Waals surface area contributed by atoms with Gasteiger partial charge in [-0.1, -0.05) is 6.07 Å². The third-order valence-electron chi connectivity index (χ3n) is 2.43. The van der Waals surface area contributed by atoms with Crippen molar-refractivity contribution in [2.75, 3.05) is 7.11 Å². The first-order chi connectivity index (χ1) is 6.99. The Kier molecular flexibility index (Phi) is 3.24. The van der Waals surface area contributed by atoms with Crippen molar-refractivity contribution in [1.29, 1.82) is 0 Å². The molecule has 80 valence electrons. The van der Waals surface area contributed by atoms with Crippen LogP contribution in [0.5, 0.6) is 0 Å². The monoisotopic (exact) mass is 206 g/mol. The molecule has 0 N–H and O–H groups in total. The summed E-state index contributed by atoms with van der Waals surface area (Å²) >= 11 is 0. The predicted octanol–water partition coefficient (Wildman–Crippen LogP) is 2.29. The highest BCUT2D eigenvalue weighted by Crippen LogP contribution is 2.19. The number of Topliss-reactive ketones (excluding diaryl/α,β-unsaturated/α-hetero) is 1. The molecule has 0 bridgehead atoms. The van der Waals surface area contributed by atoms with Crippen LogP contribution in [0, 0.1) is 13.8 Å². The smallest absolute Gasteiger partial charge is 0.338 e. The number of esters is 1. The van der Waals surface area contributed by atoms with Gasteiger partial charge in [0.25, 0.3) is 0 Å². The molecule has 15 heavy (non-hydrogen) atoms. The van der Waals surface area contributed by atoms with E-state index in [0.29, 0.717) is 16.7 Å². The second kappa shape index (κ2) is 4.26. The fourth-order valence-corrected chi connectivity index (χ4v) is 1.72. The second-order valence-corrected chi connectivity index (χ2v) is 3.48. The Morgan fingerprint density at radius 3 is 2.27 bits per heavy atom. The molecule has 0 saturated carbocycles. The molecule has 0 aromatic heterocycles. The summed E-state index contributed by atoms with van der Waals surface area (Å²) in [6.45, 7) is 5.11. The largest absolute Gasteiger partial charge is 0.465 e. The van der Waals surface area contributed by atoms with Crippen molar-refractivity contribution in [3.8, 4) is 0 Å². The molecular formula is C12H14O3. The summed E-state index contributed by atoms with van der Waals surface area (Å²) < 4.78 is 4.64. The van der Waals surface area contributed by atoms with Gasteiger partial charge in [-0.05, 0) is 38.0 Å². The van der Waals surface area contributed by atoms with Crippen LogP contribution in [0.1, 0.15) is 38.8 Å². The van der Waals surface area contributed by atoms with Gasteiger partial charge in [-0.25, -0.2) is 4.79 Å². The summed E-state index contributed by atoms with van der Waals surface area (Å²) in [5, 5.41) is 0. The van der Waals surface area contributed by atoms with Gasteiger partial charge in [-0.3, -0.25) is 4.79 Å². The highest BCUT2D eigenvalue weighted by molar-refractivity contribution is 6.01. The fourth-order valence-electron chi connectivity index (χ4n) is 1.72. The van der Waals surface area contributed by atoms with Gasteiger partial charge in [-0.15, -0.1) is 0 Å². The summed E-state index contributed by atoms with van der Waals surface area (Å²) in [5.41, 5.74) is 2.63. The number of hydrogen-bond donors (Lipinski definition) is 0. The maximum atomic E-state index is 11.4. The quantitative estimate of drug-likeness (QED) is 0.550. The lowest BCUT2D eigenvalue weighted by molar-refractivity contribution is 0.0600. The summed E-state index contributed by atoms with van der Waals surface area (Å²) in [6.07, 6.45) is 0. The highest BCUT2D eigenvalue weighted by Gasteiger charge is 2.16. The molecule has 3 nitrogen and oxygen atoms in total. The molecule has 0 spiro atoms. The standard InChI is InChI=1S/C12H14O3/c1-7-5-6-10(12(14)15-4)8(2)11(7)9(3)13/h5-6H,1-4H3. The van der Waals surface area contributed by atoms with Gasteiger partial charge < -0.3 is 4.74 Å². The van der Waals surface area contributed by atoms with Crippen molar-refractivity contribution in [3.05, 3.63) is 34.4 Å². The van der Waals surface area contributed by atoms with Gasteiger partial charge >= 0.3 is 5.97 Å². The molecule has 0 saturated heterocycles. The van der Waals surface area contributed by atoms with Crippen LogP contribution in [0.4, 0.5) is 0 Å². The molecule has 0 aliphatic rings. The van der Waals surface area contributed by atoms with Gasteiger partial charge in [0.15, 0.2) is 5.78 Å². The number of aryl methyl sites for hydroxylation is 1. The molecule has 0 atom stereocenters. The number of rotatable bonds is 2. The van der Waals surface area contributed by atoms with E-state index < -0.39 is 5.97 Å². The zero-order valence-electron chi connectivity index (χ0n) is 9.38. The Morgan fingerprint density at radius 1 is 1.20 bits per heavy atom. The summed E-state index contributed by atoms with van der Waals surface area (Å²) in [5.74, 6) is -0.439. The number of hydrogen-bond acceptors (Lipinski definition) is 3. The van der Waals surface area contributed by atoms with Gasteiger partial charge in [-0.2, -0.15) is 0 Å². The maximum Gasteiger partial charge on any atom is 0.338 e. The second-order valence-electron chi connectivity index (χ2n) is 3.48. The molecular weight excluding hydrogens is 192 g/mol. The Labute approximate surface area is 89.1 Å². The Bertz CT molecular complexity index is 419. The van der Waals surface area contributed by atoms with Crippen molar-refractivity contribution in [2.24, 2.45) is 0 Å². The van der Waals surface area contributed by atoms with E-state index in [2.05, 4.69) is 4.74 Å². The predicted molar refractivity (Wildman–Crippen MR) is 57.3 cm³/mol. The first-order valence-electron chi connectivity index (χ1n) is 4.68. The number of ketones is 1. The number of carbonyl (C=O) groups is 2. The molecule has 1 aromatic rings. The minimum atomic E-state index is -0.407. The molecule has 3 heteroatoms. The number of carbonyl (C=O) groups excluding carboxylic acids is 2. The third kappa shape index (κ3) is 2.06.